The number of anilines is 1. The first-order chi connectivity index (χ1) is 12.5. The summed E-state index contributed by atoms with van der Waals surface area (Å²) < 4.78 is 2.90. The zero-order chi connectivity index (χ0) is 18.7. The number of aromatic nitrogens is 5. The largest absolute Gasteiger partial charge is 0.320 e. The van der Waals surface area contributed by atoms with Gasteiger partial charge in [0.1, 0.15) is 12.5 Å². The monoisotopic (exact) mass is 355 g/mol. The minimum Gasteiger partial charge on any atom is -0.287 e. The van der Waals surface area contributed by atoms with Gasteiger partial charge in [-0.05, 0) is 19.4 Å². The van der Waals surface area contributed by atoms with Crippen LogP contribution in [0.25, 0.3) is 0 Å². The molecule has 134 valence electrons. The van der Waals surface area contributed by atoms with Crippen molar-refractivity contribution in [2.75, 3.05) is 5.32 Å². The molecular weight excluding hydrogens is 338 g/mol. The Bertz CT molecular complexity index is 960. The number of aryl methyl sites for hydroxylation is 2. The molecule has 1 amide bonds. The first-order valence-electron chi connectivity index (χ1n) is 7.94. The lowest BCUT2D eigenvalue weighted by Crippen LogP contribution is -2.16. The molecule has 0 aliphatic carbocycles. The number of nitrogens with one attached hydrogen (secondary N) is 1. The van der Waals surface area contributed by atoms with Gasteiger partial charge in [-0.2, -0.15) is 5.10 Å². The highest BCUT2D eigenvalue weighted by molar-refractivity contribution is 6.04. The normalized spacial score (nSPS) is 10.7. The van der Waals surface area contributed by atoms with E-state index in [0.29, 0.717) is 13.1 Å². The third-order valence-electron chi connectivity index (χ3n) is 3.67. The van der Waals surface area contributed by atoms with Gasteiger partial charge < -0.3 is 0 Å². The highest BCUT2D eigenvalue weighted by Gasteiger charge is 2.26. The number of amides is 1. The van der Waals surface area contributed by atoms with Gasteiger partial charge in [-0.15, -0.1) is 5.10 Å². The molecule has 2 heterocycles. The first kappa shape index (κ1) is 17.3. The molecule has 1 aromatic carbocycles. The molecule has 1 N–H and O–H groups in total. The van der Waals surface area contributed by atoms with Crippen LogP contribution >= 0.6 is 0 Å². The number of nitrogens with zero attached hydrogens (tertiary/aromatic N) is 6. The predicted molar refractivity (Wildman–Crippen MR) is 92.8 cm³/mol. The van der Waals surface area contributed by atoms with Gasteiger partial charge in [0.05, 0.1) is 11.5 Å². The molecule has 0 spiro atoms. The number of carbonyl (C=O) groups excluding carboxylic acids is 1. The van der Waals surface area contributed by atoms with Crippen molar-refractivity contribution in [2.24, 2.45) is 0 Å². The number of nitro groups is 1. The van der Waals surface area contributed by atoms with Crippen molar-refractivity contribution in [1.29, 1.82) is 0 Å². The Kier molecular flexibility index (Phi) is 4.74. The van der Waals surface area contributed by atoms with Crippen LogP contribution < -0.4 is 5.32 Å². The number of benzene rings is 1. The van der Waals surface area contributed by atoms with E-state index in [-0.39, 0.29) is 17.3 Å². The summed E-state index contributed by atoms with van der Waals surface area (Å²) in [6.07, 6.45) is 2.70. The molecule has 10 heteroatoms. The molecule has 3 aromatic rings. The zero-order valence-electron chi connectivity index (χ0n) is 14.3. The van der Waals surface area contributed by atoms with Gasteiger partial charge in [0.2, 0.25) is 11.6 Å². The molecule has 0 fully saturated rings. The third-order valence-corrected chi connectivity index (χ3v) is 3.67. The average Bonchev–Trinajstić information content (AvgIpc) is 3.21. The zero-order valence-corrected chi connectivity index (χ0v) is 14.3. The highest BCUT2D eigenvalue weighted by atomic mass is 16.6. The van der Waals surface area contributed by atoms with Gasteiger partial charge in [-0.25, -0.2) is 9.67 Å². The summed E-state index contributed by atoms with van der Waals surface area (Å²) in [5.74, 6) is -0.666. The van der Waals surface area contributed by atoms with E-state index in [9.17, 15) is 14.9 Å². The van der Waals surface area contributed by atoms with E-state index in [1.165, 1.54) is 17.2 Å². The number of hydrogen-bond acceptors (Lipinski definition) is 6. The summed E-state index contributed by atoms with van der Waals surface area (Å²) in [7, 11) is 0. The van der Waals surface area contributed by atoms with Crippen molar-refractivity contribution in [3.63, 3.8) is 0 Å². The molecule has 3 rings (SSSR count). The Morgan fingerprint density at radius 1 is 1.31 bits per heavy atom. The summed E-state index contributed by atoms with van der Waals surface area (Å²) in [6, 6.07) is 7.95. The number of hydrogen-bond donors (Lipinski definition) is 1. The summed E-state index contributed by atoms with van der Waals surface area (Å²) in [4.78, 5) is 26.8. The number of carbonyl (C=O) groups is 1. The lowest BCUT2D eigenvalue weighted by molar-refractivity contribution is -0.385. The standard InChI is InChI=1S/C16H17N7O3/c1-3-21-9-13(23(25)26)14(19-21)15(24)18-16-17-10-22(20-16)8-12-6-4-5-11(2)7-12/h4-7,9-10H,3,8H2,1-2H3,(H,18,20,24). The second kappa shape index (κ2) is 7.13. The van der Waals surface area contributed by atoms with Gasteiger partial charge in [0, 0.05) is 6.54 Å². The van der Waals surface area contributed by atoms with E-state index in [2.05, 4.69) is 20.5 Å². The molecule has 0 saturated carbocycles. The maximum absolute atomic E-state index is 12.3. The Hall–Kier alpha value is -3.56. The van der Waals surface area contributed by atoms with Gasteiger partial charge >= 0.3 is 5.69 Å². The van der Waals surface area contributed by atoms with Crippen molar-refractivity contribution in [2.45, 2.75) is 26.9 Å². The van der Waals surface area contributed by atoms with Crippen LogP contribution in [0.4, 0.5) is 11.6 Å². The average molecular weight is 355 g/mol. The molecule has 26 heavy (non-hydrogen) atoms. The topological polar surface area (TPSA) is 121 Å². The molecule has 0 radical (unpaired) electrons. The van der Waals surface area contributed by atoms with E-state index in [1.807, 2.05) is 31.2 Å². The van der Waals surface area contributed by atoms with Gasteiger partial charge in [0.25, 0.3) is 5.91 Å². The Labute approximate surface area is 148 Å². The van der Waals surface area contributed by atoms with Gasteiger partial charge in [0.15, 0.2) is 0 Å². The molecule has 10 nitrogen and oxygen atoms in total. The third kappa shape index (κ3) is 3.74. The molecule has 0 saturated heterocycles. The second-order valence-corrected chi connectivity index (χ2v) is 5.68. The summed E-state index contributed by atoms with van der Waals surface area (Å²) in [5.41, 5.74) is 1.55. The lowest BCUT2D eigenvalue weighted by atomic mass is 10.1. The van der Waals surface area contributed by atoms with Crippen LogP contribution in [-0.4, -0.2) is 35.4 Å². The van der Waals surface area contributed by atoms with Crippen LogP contribution in [0.5, 0.6) is 0 Å². The van der Waals surface area contributed by atoms with Crippen molar-refractivity contribution in [1.82, 2.24) is 24.5 Å². The fraction of sp³-hybridized carbons (Fsp3) is 0.250. The lowest BCUT2D eigenvalue weighted by Gasteiger charge is -2.02. The van der Waals surface area contributed by atoms with Crippen LogP contribution in [-0.2, 0) is 13.1 Å². The summed E-state index contributed by atoms with van der Waals surface area (Å²) in [6.45, 7) is 4.68. The van der Waals surface area contributed by atoms with Gasteiger partial charge in [-0.3, -0.25) is 24.9 Å². The Morgan fingerprint density at radius 3 is 2.81 bits per heavy atom. The van der Waals surface area contributed by atoms with E-state index in [4.69, 9.17) is 0 Å². The summed E-state index contributed by atoms with van der Waals surface area (Å²) >= 11 is 0. The molecule has 0 aliphatic rings. The predicted octanol–water partition coefficient (Wildman–Crippen LogP) is 2.01. The molecular formula is C16H17N7O3. The minimum atomic E-state index is -0.725. The summed E-state index contributed by atoms with van der Waals surface area (Å²) in [5, 5.41) is 21.6. The Morgan fingerprint density at radius 2 is 2.12 bits per heavy atom. The maximum atomic E-state index is 12.3. The van der Waals surface area contributed by atoms with Crippen molar-refractivity contribution >= 4 is 17.5 Å². The van der Waals surface area contributed by atoms with E-state index < -0.39 is 10.8 Å². The van der Waals surface area contributed by atoms with Crippen LogP contribution in [0.15, 0.2) is 36.8 Å². The van der Waals surface area contributed by atoms with E-state index >= 15 is 0 Å². The van der Waals surface area contributed by atoms with Crippen molar-refractivity contribution in [3.8, 4) is 0 Å². The maximum Gasteiger partial charge on any atom is 0.320 e. The van der Waals surface area contributed by atoms with Gasteiger partial charge in [-0.1, -0.05) is 29.8 Å². The van der Waals surface area contributed by atoms with Crippen LogP contribution in [0.1, 0.15) is 28.5 Å². The Balaban J connectivity index is 1.74. The molecule has 0 atom stereocenters. The number of rotatable bonds is 6. The minimum absolute atomic E-state index is 0.0583. The fourth-order valence-corrected chi connectivity index (χ4v) is 2.45. The second-order valence-electron chi connectivity index (χ2n) is 5.68. The molecule has 0 bridgehead atoms. The first-order valence-corrected chi connectivity index (χ1v) is 7.94. The highest BCUT2D eigenvalue weighted by Crippen LogP contribution is 2.17. The van der Waals surface area contributed by atoms with Crippen molar-refractivity contribution < 1.29 is 9.72 Å². The molecule has 0 aliphatic heterocycles. The SMILES string of the molecule is CCn1cc([N+](=O)[O-])c(C(=O)Nc2ncn(Cc3cccc(C)c3)n2)n1. The quantitative estimate of drug-likeness (QED) is 0.533. The van der Waals surface area contributed by atoms with E-state index in [0.717, 1.165) is 11.1 Å². The van der Waals surface area contributed by atoms with Crippen LogP contribution in [0.2, 0.25) is 0 Å². The molecule has 2 aromatic heterocycles. The van der Waals surface area contributed by atoms with E-state index in [1.54, 1.807) is 11.6 Å². The van der Waals surface area contributed by atoms with Crippen LogP contribution in [0.3, 0.4) is 0 Å². The van der Waals surface area contributed by atoms with Crippen LogP contribution in [0, 0.1) is 17.0 Å². The fourth-order valence-electron chi connectivity index (χ4n) is 2.45. The van der Waals surface area contributed by atoms with Crippen molar-refractivity contribution in [3.05, 3.63) is 63.7 Å². The molecule has 0 unspecified atom stereocenters. The smallest absolute Gasteiger partial charge is 0.287 e.